The van der Waals surface area contributed by atoms with Gasteiger partial charge in [0, 0.05) is 43.4 Å². The van der Waals surface area contributed by atoms with Crippen LogP contribution in [0.1, 0.15) is 34.6 Å². The number of piperazine rings is 1. The third kappa shape index (κ3) is 3.98. The van der Waals surface area contributed by atoms with Gasteiger partial charge >= 0.3 is 13.2 Å². The summed E-state index contributed by atoms with van der Waals surface area (Å²) in [6.45, 7) is 10.8. The monoisotopic (exact) mass is 499 g/mol. The average molecular weight is 499 g/mol. The Morgan fingerprint density at radius 3 is 2.31 bits per heavy atom. The molecule has 36 heavy (non-hydrogen) atoms. The first-order chi connectivity index (χ1) is 16.9. The Hall–Kier alpha value is -3.25. The zero-order valence-electron chi connectivity index (χ0n) is 20.8. The number of amides is 1. The summed E-state index contributed by atoms with van der Waals surface area (Å²) in [5.74, 6) is -0.842. The molecule has 12 heteroatoms. The first-order valence-electron chi connectivity index (χ1n) is 11.8. The molecule has 4 heterocycles. The van der Waals surface area contributed by atoms with Gasteiger partial charge in [-0.15, -0.1) is 0 Å². The van der Waals surface area contributed by atoms with E-state index < -0.39 is 36.0 Å². The summed E-state index contributed by atoms with van der Waals surface area (Å²) in [6, 6.07) is 3.01. The normalized spacial score (nSPS) is 21.4. The summed E-state index contributed by atoms with van der Waals surface area (Å²) >= 11 is 0. The maximum absolute atomic E-state index is 14.1. The number of anilines is 1. The second-order valence-corrected chi connectivity index (χ2v) is 10.3. The predicted octanol–water partition coefficient (Wildman–Crippen LogP) is 3.19. The highest BCUT2D eigenvalue weighted by Crippen LogP contribution is 2.38. The second kappa shape index (κ2) is 8.41. The number of nitrogens with zero attached hydrogens (tertiary/aromatic N) is 5. The molecule has 2 aromatic heterocycles. The van der Waals surface area contributed by atoms with Crippen molar-refractivity contribution in [1.82, 2.24) is 19.4 Å². The Labute approximate surface area is 207 Å². The van der Waals surface area contributed by atoms with Crippen LogP contribution in [-0.2, 0) is 9.31 Å². The van der Waals surface area contributed by atoms with Gasteiger partial charge < -0.3 is 28.8 Å². The van der Waals surface area contributed by atoms with E-state index in [9.17, 15) is 18.7 Å². The molecule has 0 spiro atoms. The Bertz CT molecular complexity index is 1310. The largest absolute Gasteiger partial charge is 0.497 e. The van der Waals surface area contributed by atoms with Crippen LogP contribution in [0.2, 0.25) is 0 Å². The van der Waals surface area contributed by atoms with E-state index in [4.69, 9.17) is 9.31 Å². The molecule has 1 amide bonds. The minimum atomic E-state index is -0.966. The molecule has 0 saturated carbocycles. The van der Waals surface area contributed by atoms with E-state index in [0.717, 1.165) is 6.07 Å². The van der Waals surface area contributed by atoms with Gasteiger partial charge in [0.15, 0.2) is 0 Å². The fourth-order valence-electron chi connectivity index (χ4n) is 4.77. The number of hydrogen-bond donors (Lipinski definition) is 1. The molecule has 5 rings (SSSR count). The van der Waals surface area contributed by atoms with Crippen molar-refractivity contribution in [2.75, 3.05) is 24.5 Å². The number of hydrogen-bond acceptors (Lipinski definition) is 6. The van der Waals surface area contributed by atoms with Crippen molar-refractivity contribution in [2.45, 2.75) is 51.9 Å². The van der Waals surface area contributed by atoms with Crippen LogP contribution in [0.15, 0.2) is 30.7 Å². The van der Waals surface area contributed by atoms with Crippen molar-refractivity contribution in [2.24, 2.45) is 0 Å². The predicted molar refractivity (Wildman–Crippen MR) is 131 cm³/mol. The van der Waals surface area contributed by atoms with Gasteiger partial charge in [0.05, 0.1) is 22.3 Å². The van der Waals surface area contributed by atoms with Crippen molar-refractivity contribution in [1.29, 1.82) is 0 Å². The van der Waals surface area contributed by atoms with E-state index >= 15 is 0 Å². The van der Waals surface area contributed by atoms with Crippen LogP contribution < -0.4 is 10.4 Å². The van der Waals surface area contributed by atoms with Gasteiger partial charge in [0.25, 0.3) is 0 Å². The first-order valence-corrected chi connectivity index (χ1v) is 11.8. The third-order valence-corrected chi connectivity index (χ3v) is 7.40. The summed E-state index contributed by atoms with van der Waals surface area (Å²) in [6.07, 6.45) is 2.15. The fraction of sp³-hybridized carbons (Fsp3) is 0.458. The second-order valence-electron chi connectivity index (χ2n) is 10.3. The maximum atomic E-state index is 14.1. The van der Waals surface area contributed by atoms with Crippen LogP contribution in [0.5, 0.6) is 0 Å². The van der Waals surface area contributed by atoms with Crippen LogP contribution in [-0.4, -0.2) is 74.6 Å². The van der Waals surface area contributed by atoms with E-state index in [1.165, 1.54) is 23.4 Å². The van der Waals surface area contributed by atoms with E-state index in [-0.39, 0.29) is 11.7 Å². The minimum Gasteiger partial charge on any atom is -0.465 e. The molecule has 0 bridgehead atoms. The van der Waals surface area contributed by atoms with Crippen molar-refractivity contribution in [3.8, 4) is 5.69 Å². The molecule has 190 valence electrons. The SMILES string of the molecule is CC1CN(c2ncnc3c2c(B2OC(C)(C)C(C)(C)O2)cn3-c2cc(F)cc(F)c2)CCN1C(=O)O. The minimum absolute atomic E-state index is 0.258. The molecule has 1 N–H and O–H groups in total. The van der Waals surface area contributed by atoms with Gasteiger partial charge in [-0.3, -0.25) is 0 Å². The van der Waals surface area contributed by atoms with E-state index in [2.05, 4.69) is 9.97 Å². The topological polar surface area (TPSA) is 93.0 Å². The highest BCUT2D eigenvalue weighted by molar-refractivity contribution is 6.65. The molecule has 3 aromatic rings. The Balaban J connectivity index is 1.68. The molecule has 0 aliphatic carbocycles. The molecular formula is C24H28BF2N5O4. The zero-order valence-corrected chi connectivity index (χ0v) is 20.8. The van der Waals surface area contributed by atoms with Crippen molar-refractivity contribution in [3.63, 3.8) is 0 Å². The van der Waals surface area contributed by atoms with Gasteiger partial charge in [0.1, 0.15) is 29.4 Å². The summed E-state index contributed by atoms with van der Waals surface area (Å²) in [5, 5.41) is 10.1. The highest BCUT2D eigenvalue weighted by atomic mass is 19.1. The van der Waals surface area contributed by atoms with E-state index in [0.29, 0.717) is 41.9 Å². The molecule has 2 aliphatic heterocycles. The van der Waals surface area contributed by atoms with Gasteiger partial charge in [-0.1, -0.05) is 0 Å². The van der Waals surface area contributed by atoms with Crippen LogP contribution in [0.3, 0.4) is 0 Å². The zero-order chi connectivity index (χ0) is 26.0. The summed E-state index contributed by atoms with van der Waals surface area (Å²) in [4.78, 5) is 24.0. The van der Waals surface area contributed by atoms with E-state index in [1.54, 1.807) is 10.8 Å². The number of benzene rings is 1. The third-order valence-electron chi connectivity index (χ3n) is 7.40. The molecule has 2 aliphatic rings. The molecule has 1 unspecified atom stereocenters. The number of fused-ring (bicyclic) bond motifs is 1. The van der Waals surface area contributed by atoms with Gasteiger partial charge in [-0.25, -0.2) is 23.5 Å². The van der Waals surface area contributed by atoms with Gasteiger partial charge in [0.2, 0.25) is 0 Å². The van der Waals surface area contributed by atoms with Crippen LogP contribution in [0.25, 0.3) is 16.7 Å². The van der Waals surface area contributed by atoms with Gasteiger partial charge in [-0.2, -0.15) is 0 Å². The van der Waals surface area contributed by atoms with Crippen molar-refractivity contribution < 1.29 is 28.0 Å². The molecule has 0 radical (unpaired) electrons. The van der Waals surface area contributed by atoms with Crippen molar-refractivity contribution >= 4 is 35.5 Å². The highest BCUT2D eigenvalue weighted by Gasteiger charge is 2.53. The Morgan fingerprint density at radius 1 is 1.08 bits per heavy atom. The van der Waals surface area contributed by atoms with Crippen molar-refractivity contribution in [3.05, 3.63) is 42.4 Å². The van der Waals surface area contributed by atoms with Crippen LogP contribution in [0, 0.1) is 11.6 Å². The standard InChI is InChI=1S/C24H28BF2N5O4/c1-14-11-30(6-7-31(14)22(33)34)20-19-18(25-35-23(2,3)24(4,5)36-25)12-32(21(19)29-13-28-20)17-9-15(26)8-16(27)10-17/h8-10,12-14H,6-7,11H2,1-5H3,(H,33,34). The summed E-state index contributed by atoms with van der Waals surface area (Å²) in [7, 11) is -0.778. The molecule has 1 aromatic carbocycles. The lowest BCUT2D eigenvalue weighted by atomic mass is 9.79. The van der Waals surface area contributed by atoms with Crippen LogP contribution in [0.4, 0.5) is 19.4 Å². The summed E-state index contributed by atoms with van der Waals surface area (Å²) < 4.78 is 42.5. The van der Waals surface area contributed by atoms with E-state index in [1.807, 2.05) is 39.5 Å². The molecule has 2 saturated heterocycles. The average Bonchev–Trinajstić information content (AvgIpc) is 3.26. The molecule has 9 nitrogen and oxygen atoms in total. The number of carboxylic acid groups (broad SMARTS) is 1. The molecule has 1 atom stereocenters. The Kier molecular flexibility index (Phi) is 5.71. The van der Waals surface area contributed by atoms with Crippen LogP contribution >= 0.6 is 0 Å². The fourth-order valence-corrected chi connectivity index (χ4v) is 4.77. The number of halogens is 2. The lowest BCUT2D eigenvalue weighted by Gasteiger charge is -2.39. The molecular weight excluding hydrogens is 471 g/mol. The number of rotatable bonds is 3. The first kappa shape index (κ1) is 24.4. The Morgan fingerprint density at radius 2 is 1.72 bits per heavy atom. The lowest BCUT2D eigenvalue weighted by Crippen LogP contribution is -2.54. The number of aromatic nitrogens is 3. The maximum Gasteiger partial charge on any atom is 0.497 e. The summed E-state index contributed by atoms with van der Waals surface area (Å²) in [5.41, 5.74) is 0.0809. The van der Waals surface area contributed by atoms with Gasteiger partial charge in [-0.05, 0) is 46.8 Å². The quantitative estimate of drug-likeness (QED) is 0.554. The smallest absolute Gasteiger partial charge is 0.465 e. The number of carbonyl (C=O) groups is 1. The molecule has 2 fully saturated rings. The lowest BCUT2D eigenvalue weighted by molar-refractivity contribution is 0.00578.